The summed E-state index contributed by atoms with van der Waals surface area (Å²) in [4.78, 5) is 13.6. The van der Waals surface area contributed by atoms with Crippen LogP contribution in [-0.4, -0.2) is 47.2 Å². The van der Waals surface area contributed by atoms with E-state index in [0.717, 1.165) is 45.3 Å². The third kappa shape index (κ3) is 22.9. The summed E-state index contributed by atoms with van der Waals surface area (Å²) >= 11 is 38.1. The third-order valence-electron chi connectivity index (χ3n) is 6.49. The summed E-state index contributed by atoms with van der Waals surface area (Å²) in [5.74, 6) is 0. The van der Waals surface area contributed by atoms with Crippen LogP contribution >= 0.6 is 236 Å². The van der Waals surface area contributed by atoms with Gasteiger partial charge in [-0.1, -0.05) is 262 Å². The molecule has 22 heteroatoms. The predicted octanol–water partition coefficient (Wildman–Crippen LogP) is 19.9. The van der Waals surface area contributed by atoms with Crippen LogP contribution in [0.5, 0.6) is 0 Å². The fraction of sp³-hybridized carbons (Fsp3) is 0.324. The fourth-order valence-corrected chi connectivity index (χ4v) is 21.4. The molecule has 0 spiro atoms. The van der Waals surface area contributed by atoms with Crippen molar-refractivity contribution in [3.05, 3.63) is 119 Å². The zero-order valence-corrected chi connectivity index (χ0v) is 48.8. The number of ether oxygens (including phenoxy) is 1. The van der Waals surface area contributed by atoms with Crippen molar-refractivity contribution >= 4 is 242 Å². The van der Waals surface area contributed by atoms with E-state index >= 15 is 0 Å². The summed E-state index contributed by atoms with van der Waals surface area (Å²) in [6.45, 7) is 1.84. The maximum Gasteiger partial charge on any atom is 0.157 e. The largest absolute Gasteiger partial charge is 0.391 e. The fourth-order valence-electron chi connectivity index (χ4n) is 3.99. The number of carbonyl (C=O) groups excluding carboxylic acids is 1. The molecule has 0 fully saturated rings. The normalized spacial score (nSPS) is 19.8. The number of alkyl halides is 3. The van der Waals surface area contributed by atoms with Gasteiger partial charge in [-0.05, 0) is 83.1 Å². The molecule has 0 atom stereocenters. The number of unbranched alkanes of at least 4 members (excludes halogenated alkanes) is 5. The van der Waals surface area contributed by atoms with Crippen LogP contribution in [0.25, 0.3) is 0 Å². The van der Waals surface area contributed by atoms with Gasteiger partial charge in [0.25, 0.3) is 0 Å². The van der Waals surface area contributed by atoms with Crippen molar-refractivity contribution in [2.24, 2.45) is 0 Å². The molecule has 8 rings (SSSR count). The Morgan fingerprint density at radius 1 is 0.441 bits per heavy atom. The third-order valence-corrected chi connectivity index (χ3v) is 28.7. The van der Waals surface area contributed by atoms with Gasteiger partial charge in [-0.25, -0.2) is 0 Å². The summed E-state index contributed by atoms with van der Waals surface area (Å²) in [6, 6.07) is 0. The Morgan fingerprint density at radius 2 is 0.814 bits per heavy atom. The van der Waals surface area contributed by atoms with E-state index in [1.165, 1.54) is 77.3 Å². The standard InChI is InChI=1S/C15H21BrOS4.C7H6OS4.C7H4OS4.C6H4S4.C2H4Br2/c16-7-5-3-1-2-4-6-8-17-11-13-12-20-15(21-13)14-18-9-10-19-14;2*8-3-5-4-11-7(12-5)6-9-1-2-10-6;1-2-8-5(7-1)6-9-3-4-10-6;3-1-2-4/h9-10,12H,1-8,11H2;1-2,4,8H,3H2;1-4H;1-4H;1-2H2. The molecule has 0 unspecified atom stereocenters. The summed E-state index contributed by atoms with van der Waals surface area (Å²) < 4.78 is 16.7. The summed E-state index contributed by atoms with van der Waals surface area (Å²) in [5, 5.41) is 39.4. The molecule has 0 saturated carbocycles. The van der Waals surface area contributed by atoms with E-state index in [0.29, 0.717) is 0 Å². The van der Waals surface area contributed by atoms with Gasteiger partial charge in [0.2, 0.25) is 0 Å². The average molecular weight is 1280 g/mol. The number of aldehydes is 1. The van der Waals surface area contributed by atoms with Gasteiger partial charge in [0.1, 0.15) is 0 Å². The minimum absolute atomic E-state index is 0.164. The number of rotatable bonds is 13. The molecule has 59 heavy (non-hydrogen) atoms. The Morgan fingerprint density at radius 3 is 1.20 bits per heavy atom. The number of aliphatic hydroxyl groups is 1. The molecule has 3 nitrogen and oxygen atoms in total. The second-order valence-electron chi connectivity index (χ2n) is 10.7. The quantitative estimate of drug-likeness (QED) is 0.108. The minimum Gasteiger partial charge on any atom is -0.391 e. The lowest BCUT2D eigenvalue weighted by Gasteiger charge is -2.05. The van der Waals surface area contributed by atoms with E-state index in [-0.39, 0.29) is 6.61 Å². The molecule has 0 saturated heterocycles. The molecule has 0 aromatic heterocycles. The first kappa shape index (κ1) is 55.1. The molecule has 322 valence electrons. The minimum atomic E-state index is 0.164. The van der Waals surface area contributed by atoms with Crippen molar-refractivity contribution in [2.75, 3.05) is 35.8 Å². The van der Waals surface area contributed by atoms with E-state index < -0.39 is 0 Å². The summed E-state index contributed by atoms with van der Waals surface area (Å²) in [6.07, 6.45) is 8.78. The second-order valence-corrected chi connectivity index (χ2v) is 30.3. The predicted molar refractivity (Wildman–Crippen MR) is 313 cm³/mol. The Hall–Kier alpha value is 3.51. The average Bonchev–Trinajstić information content (AvgIpc) is 4.13. The number of allylic oxidation sites excluding steroid dienone is 1. The number of hydrogen-bond acceptors (Lipinski definition) is 19. The van der Waals surface area contributed by atoms with Crippen molar-refractivity contribution in [3.63, 3.8) is 0 Å². The van der Waals surface area contributed by atoms with E-state index in [2.05, 4.69) is 107 Å². The van der Waals surface area contributed by atoms with E-state index in [9.17, 15) is 4.79 Å². The number of hydrogen-bond donors (Lipinski definition) is 1. The lowest BCUT2D eigenvalue weighted by Crippen LogP contribution is -1.97. The van der Waals surface area contributed by atoms with Gasteiger partial charge in [0, 0.05) is 32.4 Å². The number of carbonyl (C=O) groups is 1. The maximum atomic E-state index is 10.4. The van der Waals surface area contributed by atoms with Gasteiger partial charge in [-0.3, -0.25) is 4.79 Å². The van der Waals surface area contributed by atoms with Crippen LogP contribution in [0.2, 0.25) is 0 Å². The molecular formula is C37H39Br3O3S16. The van der Waals surface area contributed by atoms with E-state index in [4.69, 9.17) is 9.84 Å². The van der Waals surface area contributed by atoms with Gasteiger partial charge < -0.3 is 9.84 Å². The highest BCUT2D eigenvalue weighted by atomic mass is 79.9. The van der Waals surface area contributed by atoms with Gasteiger partial charge in [-0.2, -0.15) is 0 Å². The lowest BCUT2D eigenvalue weighted by atomic mass is 10.1. The van der Waals surface area contributed by atoms with Crippen LogP contribution in [0, 0.1) is 0 Å². The van der Waals surface area contributed by atoms with Crippen molar-refractivity contribution in [3.8, 4) is 0 Å². The Labute approximate surface area is 443 Å². The molecule has 1 N–H and O–H groups in total. The molecule has 0 aromatic rings. The van der Waals surface area contributed by atoms with Gasteiger partial charge >= 0.3 is 0 Å². The zero-order valence-electron chi connectivity index (χ0n) is 31.0. The molecule has 0 radical (unpaired) electrons. The smallest absolute Gasteiger partial charge is 0.157 e. The zero-order chi connectivity index (χ0) is 41.8. The van der Waals surface area contributed by atoms with Crippen molar-refractivity contribution in [2.45, 2.75) is 38.5 Å². The van der Waals surface area contributed by atoms with Crippen LogP contribution in [0.15, 0.2) is 119 Å². The van der Waals surface area contributed by atoms with Crippen LogP contribution < -0.4 is 0 Å². The van der Waals surface area contributed by atoms with E-state index in [1.807, 2.05) is 105 Å². The Balaban J connectivity index is 0.000000175. The Kier molecular flexibility index (Phi) is 33.3. The highest BCUT2D eigenvalue weighted by molar-refractivity contribution is 9.12. The highest BCUT2D eigenvalue weighted by Gasteiger charge is 2.20. The van der Waals surface area contributed by atoms with Gasteiger partial charge in [0.05, 0.1) is 52.0 Å². The summed E-state index contributed by atoms with van der Waals surface area (Å²) in [7, 11) is 0. The van der Waals surface area contributed by atoms with Crippen molar-refractivity contribution in [1.82, 2.24) is 0 Å². The molecule has 0 bridgehead atoms. The monoisotopic (exact) mass is 1280 g/mol. The second kappa shape index (κ2) is 35.6. The SMILES string of the molecule is BrCCBr.BrCCCCCCCCOCC1=CSC(=C2SC=CS2)S1.C1=CSC(=C2SC=CS2)S1.O=CC1=CSC(=C2SC=CS2)S1.OCC1=CSC(=C2SC=CS2)S1. The van der Waals surface area contributed by atoms with Crippen LogP contribution in [-0.2, 0) is 9.53 Å². The molecule has 0 amide bonds. The number of halogens is 3. The molecule has 8 heterocycles. The lowest BCUT2D eigenvalue weighted by molar-refractivity contribution is -0.104. The van der Waals surface area contributed by atoms with Crippen LogP contribution in [0.1, 0.15) is 38.5 Å². The molecule has 0 aromatic carbocycles. The van der Waals surface area contributed by atoms with Crippen LogP contribution in [0.4, 0.5) is 0 Å². The van der Waals surface area contributed by atoms with Crippen molar-refractivity contribution in [1.29, 1.82) is 0 Å². The molecule has 8 aliphatic rings. The molecule has 0 aliphatic carbocycles. The van der Waals surface area contributed by atoms with Crippen LogP contribution in [0.3, 0.4) is 0 Å². The van der Waals surface area contributed by atoms with Crippen molar-refractivity contribution < 1.29 is 14.6 Å². The summed E-state index contributed by atoms with van der Waals surface area (Å²) in [5.41, 5.74) is 0. The molecule has 8 aliphatic heterocycles. The number of thioether (sulfide) groups is 16. The first-order chi connectivity index (χ1) is 29.1. The van der Waals surface area contributed by atoms with Gasteiger partial charge in [-0.15, -0.1) is 0 Å². The first-order valence-corrected chi connectivity index (χ1v) is 34.7. The maximum absolute atomic E-state index is 10.4. The first-order valence-electron chi connectivity index (χ1n) is 17.4. The number of aliphatic hydroxyl groups excluding tert-OH is 1. The van der Waals surface area contributed by atoms with E-state index in [1.54, 1.807) is 94.1 Å². The van der Waals surface area contributed by atoms with Gasteiger partial charge in [0.15, 0.2) is 6.29 Å². The highest BCUT2D eigenvalue weighted by Crippen LogP contribution is 2.55. The Bertz CT molecular complexity index is 1670. The topological polar surface area (TPSA) is 46.5 Å². The molecular weight excluding hydrogens is 1250 g/mol.